The quantitative estimate of drug-likeness (QED) is 0.633. The van der Waals surface area contributed by atoms with Gasteiger partial charge in [-0.15, -0.1) is 11.3 Å². The SMILES string of the molecule is CC(C)COc1cccc(C(=O)OCc2cc(=O)n3ccsc3n2)c1. The minimum Gasteiger partial charge on any atom is -0.493 e. The molecule has 7 heteroatoms. The van der Waals surface area contributed by atoms with Gasteiger partial charge in [0.15, 0.2) is 4.96 Å². The zero-order valence-electron chi connectivity index (χ0n) is 14.0. The molecule has 0 aliphatic heterocycles. The van der Waals surface area contributed by atoms with Crippen LogP contribution in [0.2, 0.25) is 0 Å². The Balaban J connectivity index is 1.67. The Labute approximate surface area is 148 Å². The van der Waals surface area contributed by atoms with E-state index in [4.69, 9.17) is 9.47 Å². The van der Waals surface area contributed by atoms with Crippen molar-refractivity contribution in [3.63, 3.8) is 0 Å². The molecule has 0 saturated carbocycles. The second-order valence-electron chi connectivity index (χ2n) is 5.95. The van der Waals surface area contributed by atoms with Crippen molar-refractivity contribution in [2.24, 2.45) is 5.92 Å². The maximum Gasteiger partial charge on any atom is 0.338 e. The normalized spacial score (nSPS) is 11.0. The van der Waals surface area contributed by atoms with E-state index in [0.29, 0.717) is 34.5 Å². The fourth-order valence-corrected chi connectivity index (χ4v) is 2.90. The first-order chi connectivity index (χ1) is 12.0. The maximum atomic E-state index is 12.2. The first-order valence-electron chi connectivity index (χ1n) is 7.88. The Morgan fingerprint density at radius 1 is 1.32 bits per heavy atom. The predicted molar refractivity (Wildman–Crippen MR) is 95.2 cm³/mol. The van der Waals surface area contributed by atoms with Crippen molar-refractivity contribution in [1.82, 2.24) is 9.38 Å². The number of ether oxygens (including phenoxy) is 2. The van der Waals surface area contributed by atoms with Crippen molar-refractivity contribution in [3.05, 3.63) is 63.5 Å². The van der Waals surface area contributed by atoms with Crippen LogP contribution in [-0.2, 0) is 11.3 Å². The molecule has 1 aromatic carbocycles. The van der Waals surface area contributed by atoms with Gasteiger partial charge in [-0.2, -0.15) is 0 Å². The second kappa shape index (κ2) is 7.48. The smallest absolute Gasteiger partial charge is 0.338 e. The van der Waals surface area contributed by atoms with Gasteiger partial charge in [0, 0.05) is 17.6 Å². The van der Waals surface area contributed by atoms with Gasteiger partial charge >= 0.3 is 5.97 Å². The summed E-state index contributed by atoms with van der Waals surface area (Å²) in [6.07, 6.45) is 1.66. The molecule has 2 aromatic heterocycles. The highest BCUT2D eigenvalue weighted by molar-refractivity contribution is 7.15. The van der Waals surface area contributed by atoms with Gasteiger partial charge in [-0.25, -0.2) is 9.78 Å². The highest BCUT2D eigenvalue weighted by Crippen LogP contribution is 2.16. The Morgan fingerprint density at radius 2 is 2.16 bits per heavy atom. The molecule has 25 heavy (non-hydrogen) atoms. The fourth-order valence-electron chi connectivity index (χ4n) is 2.16. The number of carbonyl (C=O) groups is 1. The molecule has 0 bridgehead atoms. The van der Waals surface area contributed by atoms with Crippen LogP contribution in [0.5, 0.6) is 5.75 Å². The Hall–Kier alpha value is -2.67. The van der Waals surface area contributed by atoms with Gasteiger partial charge in [0.1, 0.15) is 12.4 Å². The lowest BCUT2D eigenvalue weighted by atomic mass is 10.2. The standard InChI is InChI=1S/C18H18N2O4S/c1-12(2)10-23-15-5-3-4-13(8-15)17(22)24-11-14-9-16(21)20-6-7-25-18(20)19-14/h3-9,12H,10-11H2,1-2H3. The molecule has 130 valence electrons. The minimum atomic E-state index is -0.483. The third kappa shape index (κ3) is 4.24. The first kappa shape index (κ1) is 17.2. The Morgan fingerprint density at radius 3 is 2.96 bits per heavy atom. The molecule has 0 aliphatic rings. The van der Waals surface area contributed by atoms with Crippen LogP contribution in [0.1, 0.15) is 29.9 Å². The highest BCUT2D eigenvalue weighted by atomic mass is 32.1. The number of esters is 1. The minimum absolute atomic E-state index is 0.0560. The average molecular weight is 358 g/mol. The number of carbonyl (C=O) groups excluding carboxylic acids is 1. The van der Waals surface area contributed by atoms with Crippen LogP contribution in [0.4, 0.5) is 0 Å². The van der Waals surface area contributed by atoms with E-state index in [1.165, 1.54) is 21.8 Å². The largest absolute Gasteiger partial charge is 0.493 e. The van der Waals surface area contributed by atoms with E-state index >= 15 is 0 Å². The molecule has 0 saturated heterocycles. The summed E-state index contributed by atoms with van der Waals surface area (Å²) in [5.74, 6) is 0.538. The van der Waals surface area contributed by atoms with Crippen molar-refractivity contribution < 1.29 is 14.3 Å². The predicted octanol–water partition coefficient (Wildman–Crippen LogP) is 3.15. The number of thiazole rings is 1. The van der Waals surface area contributed by atoms with E-state index in [1.807, 2.05) is 0 Å². The van der Waals surface area contributed by atoms with E-state index in [9.17, 15) is 9.59 Å². The molecule has 0 amide bonds. The molecule has 0 aliphatic carbocycles. The summed E-state index contributed by atoms with van der Waals surface area (Å²) in [4.78, 5) is 29.0. The van der Waals surface area contributed by atoms with Crippen LogP contribution in [0.25, 0.3) is 4.96 Å². The summed E-state index contributed by atoms with van der Waals surface area (Å²) in [7, 11) is 0. The summed E-state index contributed by atoms with van der Waals surface area (Å²) in [6, 6.07) is 8.22. The molecule has 3 aromatic rings. The van der Waals surface area contributed by atoms with Crippen LogP contribution >= 0.6 is 11.3 Å². The van der Waals surface area contributed by atoms with Crippen molar-refractivity contribution in [1.29, 1.82) is 0 Å². The summed E-state index contributed by atoms with van der Waals surface area (Å²) >= 11 is 1.35. The van der Waals surface area contributed by atoms with Gasteiger partial charge in [0.25, 0.3) is 5.56 Å². The topological polar surface area (TPSA) is 69.9 Å². The molecule has 0 atom stereocenters. The van der Waals surface area contributed by atoms with Crippen molar-refractivity contribution in [2.45, 2.75) is 20.5 Å². The van der Waals surface area contributed by atoms with E-state index < -0.39 is 5.97 Å². The van der Waals surface area contributed by atoms with Crippen molar-refractivity contribution in [2.75, 3.05) is 6.61 Å². The lowest BCUT2D eigenvalue weighted by molar-refractivity contribution is 0.0467. The number of rotatable bonds is 6. The molecule has 0 unspecified atom stereocenters. The van der Waals surface area contributed by atoms with Crippen LogP contribution in [-0.4, -0.2) is 22.0 Å². The monoisotopic (exact) mass is 358 g/mol. The Bertz CT molecular complexity index is 945. The maximum absolute atomic E-state index is 12.2. The third-order valence-corrected chi connectivity index (χ3v) is 4.12. The lowest BCUT2D eigenvalue weighted by Gasteiger charge is -2.10. The molecule has 0 spiro atoms. The lowest BCUT2D eigenvalue weighted by Crippen LogP contribution is -2.14. The first-order valence-corrected chi connectivity index (χ1v) is 8.76. The van der Waals surface area contributed by atoms with Gasteiger partial charge in [0.2, 0.25) is 0 Å². The number of benzene rings is 1. The number of nitrogens with zero attached hydrogens (tertiary/aromatic N) is 2. The summed E-state index contributed by atoms with van der Waals surface area (Å²) in [5.41, 5.74) is 0.629. The van der Waals surface area contributed by atoms with Crippen LogP contribution in [0.3, 0.4) is 0 Å². The molecular weight excluding hydrogens is 340 g/mol. The second-order valence-corrected chi connectivity index (χ2v) is 6.82. The van der Waals surface area contributed by atoms with E-state index in [2.05, 4.69) is 18.8 Å². The van der Waals surface area contributed by atoms with Gasteiger partial charge in [-0.3, -0.25) is 9.20 Å². The molecule has 6 nitrogen and oxygen atoms in total. The van der Waals surface area contributed by atoms with Gasteiger partial charge in [-0.1, -0.05) is 19.9 Å². The van der Waals surface area contributed by atoms with E-state index in [0.717, 1.165) is 0 Å². The molecular formula is C18H18N2O4S. The third-order valence-electron chi connectivity index (χ3n) is 3.36. The van der Waals surface area contributed by atoms with Crippen LogP contribution in [0.15, 0.2) is 46.7 Å². The zero-order valence-corrected chi connectivity index (χ0v) is 14.8. The van der Waals surface area contributed by atoms with Gasteiger partial charge in [0.05, 0.1) is 17.9 Å². The van der Waals surface area contributed by atoms with Crippen LogP contribution in [0, 0.1) is 5.92 Å². The number of hydrogen-bond donors (Lipinski definition) is 0. The number of hydrogen-bond acceptors (Lipinski definition) is 6. The number of aromatic nitrogens is 2. The van der Waals surface area contributed by atoms with Crippen LogP contribution < -0.4 is 10.3 Å². The molecule has 0 N–H and O–H groups in total. The summed E-state index contributed by atoms with van der Waals surface area (Å²) in [5, 5.41) is 1.78. The zero-order chi connectivity index (χ0) is 17.8. The Kier molecular flexibility index (Phi) is 5.14. The number of fused-ring (bicyclic) bond motifs is 1. The molecule has 2 heterocycles. The molecule has 3 rings (SSSR count). The summed E-state index contributed by atoms with van der Waals surface area (Å²) in [6.45, 7) is 4.63. The van der Waals surface area contributed by atoms with Crippen molar-refractivity contribution >= 4 is 22.3 Å². The van der Waals surface area contributed by atoms with E-state index in [-0.39, 0.29) is 12.2 Å². The van der Waals surface area contributed by atoms with Gasteiger partial charge in [-0.05, 0) is 24.1 Å². The average Bonchev–Trinajstić information content (AvgIpc) is 3.07. The van der Waals surface area contributed by atoms with E-state index in [1.54, 1.807) is 35.8 Å². The molecule has 0 radical (unpaired) electrons. The van der Waals surface area contributed by atoms with Crippen molar-refractivity contribution in [3.8, 4) is 5.75 Å². The fraction of sp³-hybridized carbons (Fsp3) is 0.278. The highest BCUT2D eigenvalue weighted by Gasteiger charge is 2.11. The van der Waals surface area contributed by atoms with Gasteiger partial charge < -0.3 is 9.47 Å². The summed E-state index contributed by atoms with van der Waals surface area (Å²) < 4.78 is 12.3. The molecule has 0 fully saturated rings.